The molecule has 0 atom stereocenters. The van der Waals surface area contributed by atoms with Crippen LogP contribution < -0.4 is 5.32 Å². The molecule has 1 heterocycles. The molecule has 0 radical (unpaired) electrons. The van der Waals surface area contributed by atoms with E-state index in [1.807, 2.05) is 45.0 Å². The first-order valence-corrected chi connectivity index (χ1v) is 8.77. The quantitative estimate of drug-likeness (QED) is 0.846. The van der Waals surface area contributed by atoms with Gasteiger partial charge in [-0.05, 0) is 56.2 Å². The number of carbonyl (C=O) groups excluding carboxylic acids is 2. The summed E-state index contributed by atoms with van der Waals surface area (Å²) in [5, 5.41) is 2.84. The Hall–Kier alpha value is -1.66. The second-order valence-electron chi connectivity index (χ2n) is 5.52. The summed E-state index contributed by atoms with van der Waals surface area (Å²) in [6.45, 7) is 5.90. The van der Waals surface area contributed by atoms with Crippen molar-refractivity contribution in [3.05, 3.63) is 49.6 Å². The molecule has 1 aromatic carbocycles. The Balaban J connectivity index is 2.00. The van der Waals surface area contributed by atoms with Crippen LogP contribution in [-0.2, 0) is 4.79 Å². The van der Waals surface area contributed by atoms with Crippen LogP contribution in [0, 0.1) is 20.8 Å². The zero-order valence-corrected chi connectivity index (χ0v) is 16.0. The molecule has 2 amide bonds. The maximum absolute atomic E-state index is 12.4. The lowest BCUT2D eigenvalue weighted by Gasteiger charge is -2.16. The van der Waals surface area contributed by atoms with Gasteiger partial charge in [-0.15, -0.1) is 11.3 Å². The Morgan fingerprint density at radius 1 is 1.17 bits per heavy atom. The fourth-order valence-corrected chi connectivity index (χ4v) is 3.62. The molecule has 0 bridgehead atoms. The van der Waals surface area contributed by atoms with Gasteiger partial charge in [0.1, 0.15) is 0 Å². The van der Waals surface area contributed by atoms with Crippen molar-refractivity contribution in [1.29, 1.82) is 0 Å². The van der Waals surface area contributed by atoms with E-state index < -0.39 is 0 Å². The van der Waals surface area contributed by atoms with Crippen LogP contribution >= 0.6 is 27.3 Å². The molecular formula is C17H19BrN2O2S. The fourth-order valence-electron chi connectivity index (χ4n) is 2.11. The molecule has 0 saturated carbocycles. The first-order chi connectivity index (χ1) is 10.8. The number of hydrogen-bond acceptors (Lipinski definition) is 3. The first kappa shape index (κ1) is 17.7. The minimum absolute atomic E-state index is 0.0182. The number of halogens is 1. The SMILES string of the molecule is Cc1cc(Br)ccc1NC(=O)CN(C)C(=O)c1cc(C)c(C)s1. The van der Waals surface area contributed by atoms with E-state index in [2.05, 4.69) is 21.2 Å². The lowest BCUT2D eigenvalue weighted by Crippen LogP contribution is -2.34. The molecule has 1 N–H and O–H groups in total. The number of benzene rings is 1. The van der Waals surface area contributed by atoms with E-state index in [-0.39, 0.29) is 18.4 Å². The summed E-state index contributed by atoms with van der Waals surface area (Å²) in [6, 6.07) is 7.51. The van der Waals surface area contributed by atoms with Crippen molar-refractivity contribution in [3.63, 3.8) is 0 Å². The Bertz CT molecular complexity index is 736. The van der Waals surface area contributed by atoms with Gasteiger partial charge in [0.15, 0.2) is 0 Å². The number of carbonyl (C=O) groups is 2. The summed E-state index contributed by atoms with van der Waals surface area (Å²) >= 11 is 4.85. The van der Waals surface area contributed by atoms with Crippen molar-refractivity contribution >= 4 is 44.8 Å². The van der Waals surface area contributed by atoms with Gasteiger partial charge in [-0.1, -0.05) is 15.9 Å². The van der Waals surface area contributed by atoms with Gasteiger partial charge in [-0.25, -0.2) is 0 Å². The minimum Gasteiger partial charge on any atom is -0.332 e. The van der Waals surface area contributed by atoms with Gasteiger partial charge in [0, 0.05) is 22.1 Å². The van der Waals surface area contributed by atoms with Gasteiger partial charge in [-0.3, -0.25) is 9.59 Å². The van der Waals surface area contributed by atoms with E-state index in [1.165, 1.54) is 16.2 Å². The molecule has 0 spiro atoms. The number of likely N-dealkylation sites (N-methyl/N-ethyl adjacent to an activating group) is 1. The van der Waals surface area contributed by atoms with Gasteiger partial charge >= 0.3 is 0 Å². The van der Waals surface area contributed by atoms with Gasteiger partial charge in [0.25, 0.3) is 5.91 Å². The number of aryl methyl sites for hydroxylation is 3. The smallest absolute Gasteiger partial charge is 0.264 e. The predicted molar refractivity (Wildman–Crippen MR) is 98.3 cm³/mol. The monoisotopic (exact) mass is 394 g/mol. The maximum Gasteiger partial charge on any atom is 0.264 e. The van der Waals surface area contributed by atoms with Crippen molar-refractivity contribution in [3.8, 4) is 0 Å². The fraction of sp³-hybridized carbons (Fsp3) is 0.294. The van der Waals surface area contributed by atoms with Crippen LogP contribution in [0.3, 0.4) is 0 Å². The van der Waals surface area contributed by atoms with Crippen molar-refractivity contribution in [1.82, 2.24) is 4.90 Å². The van der Waals surface area contributed by atoms with Crippen LogP contribution in [0.4, 0.5) is 5.69 Å². The van der Waals surface area contributed by atoms with E-state index in [0.717, 1.165) is 26.2 Å². The highest BCUT2D eigenvalue weighted by atomic mass is 79.9. The highest BCUT2D eigenvalue weighted by Gasteiger charge is 2.18. The Labute approximate surface area is 148 Å². The number of thiophene rings is 1. The van der Waals surface area contributed by atoms with Crippen molar-refractivity contribution in [2.45, 2.75) is 20.8 Å². The van der Waals surface area contributed by atoms with Gasteiger partial charge < -0.3 is 10.2 Å². The standard InChI is InChI=1S/C17H19BrN2O2S/c1-10-8-15(23-12(10)3)17(22)20(4)9-16(21)19-14-6-5-13(18)7-11(14)2/h5-8H,9H2,1-4H3,(H,19,21). The molecule has 6 heteroatoms. The van der Waals surface area contributed by atoms with Crippen LogP contribution in [0.1, 0.15) is 25.7 Å². The third-order valence-corrected chi connectivity index (χ3v) is 5.20. The van der Waals surface area contributed by atoms with Crippen molar-refractivity contribution in [2.24, 2.45) is 0 Å². The Morgan fingerprint density at radius 2 is 1.87 bits per heavy atom. The molecule has 0 fully saturated rings. The molecule has 0 saturated heterocycles. The second-order valence-corrected chi connectivity index (χ2v) is 7.69. The van der Waals surface area contributed by atoms with Gasteiger partial charge in [0.05, 0.1) is 11.4 Å². The summed E-state index contributed by atoms with van der Waals surface area (Å²) in [5.74, 6) is -0.342. The largest absolute Gasteiger partial charge is 0.332 e. The summed E-state index contributed by atoms with van der Waals surface area (Å²) in [5.41, 5.74) is 2.81. The van der Waals surface area contributed by atoms with Crippen LogP contribution in [0.25, 0.3) is 0 Å². The van der Waals surface area contributed by atoms with E-state index >= 15 is 0 Å². The minimum atomic E-state index is -0.212. The molecule has 0 aliphatic heterocycles. The van der Waals surface area contributed by atoms with Crippen molar-refractivity contribution < 1.29 is 9.59 Å². The van der Waals surface area contributed by atoms with Crippen LogP contribution in [-0.4, -0.2) is 30.3 Å². The number of amides is 2. The second kappa shape index (κ2) is 7.27. The third kappa shape index (κ3) is 4.42. The molecule has 2 rings (SSSR count). The molecule has 0 unspecified atom stereocenters. The number of hydrogen-bond donors (Lipinski definition) is 1. The summed E-state index contributed by atoms with van der Waals surface area (Å²) < 4.78 is 0.962. The highest BCUT2D eigenvalue weighted by molar-refractivity contribution is 9.10. The van der Waals surface area contributed by atoms with Crippen LogP contribution in [0.15, 0.2) is 28.7 Å². The molecule has 2 aromatic rings. The molecule has 122 valence electrons. The lowest BCUT2D eigenvalue weighted by atomic mass is 10.2. The van der Waals surface area contributed by atoms with E-state index in [4.69, 9.17) is 0 Å². The maximum atomic E-state index is 12.4. The number of anilines is 1. The molecule has 1 aromatic heterocycles. The molecule has 4 nitrogen and oxygen atoms in total. The predicted octanol–water partition coefficient (Wildman–Crippen LogP) is 4.15. The van der Waals surface area contributed by atoms with Gasteiger partial charge in [-0.2, -0.15) is 0 Å². The molecule has 0 aliphatic rings. The number of nitrogens with one attached hydrogen (secondary N) is 1. The van der Waals surface area contributed by atoms with Crippen LogP contribution in [0.2, 0.25) is 0 Å². The zero-order valence-electron chi connectivity index (χ0n) is 13.6. The van der Waals surface area contributed by atoms with Crippen LogP contribution in [0.5, 0.6) is 0 Å². The number of rotatable bonds is 4. The first-order valence-electron chi connectivity index (χ1n) is 7.16. The molecule has 23 heavy (non-hydrogen) atoms. The Morgan fingerprint density at radius 3 is 2.43 bits per heavy atom. The average molecular weight is 395 g/mol. The Kier molecular flexibility index (Phi) is 5.59. The normalized spacial score (nSPS) is 10.5. The third-order valence-electron chi connectivity index (χ3n) is 3.57. The highest BCUT2D eigenvalue weighted by Crippen LogP contribution is 2.22. The van der Waals surface area contributed by atoms with Crippen molar-refractivity contribution in [2.75, 3.05) is 18.9 Å². The summed E-state index contributed by atoms with van der Waals surface area (Å²) in [6.07, 6.45) is 0. The lowest BCUT2D eigenvalue weighted by molar-refractivity contribution is -0.116. The molecule has 0 aliphatic carbocycles. The van der Waals surface area contributed by atoms with E-state index in [9.17, 15) is 9.59 Å². The number of nitrogens with zero attached hydrogens (tertiary/aromatic N) is 1. The molecular weight excluding hydrogens is 376 g/mol. The topological polar surface area (TPSA) is 49.4 Å². The summed E-state index contributed by atoms with van der Waals surface area (Å²) in [4.78, 5) is 27.7. The van der Waals surface area contributed by atoms with E-state index in [0.29, 0.717) is 4.88 Å². The summed E-state index contributed by atoms with van der Waals surface area (Å²) in [7, 11) is 1.64. The average Bonchev–Trinajstić information content (AvgIpc) is 2.80. The zero-order chi connectivity index (χ0) is 17.1. The van der Waals surface area contributed by atoms with Gasteiger partial charge in [0.2, 0.25) is 5.91 Å². The van der Waals surface area contributed by atoms with E-state index in [1.54, 1.807) is 7.05 Å².